The van der Waals surface area contributed by atoms with Crippen molar-refractivity contribution in [3.05, 3.63) is 16.1 Å². The van der Waals surface area contributed by atoms with Crippen LogP contribution < -0.4 is 5.32 Å². The lowest BCUT2D eigenvalue weighted by Crippen LogP contribution is -2.34. The largest absolute Gasteiger partial charge is 0.316 e. The Morgan fingerprint density at radius 2 is 2.27 bits per heavy atom. The highest BCUT2D eigenvalue weighted by Gasteiger charge is 2.24. The van der Waals surface area contributed by atoms with Crippen molar-refractivity contribution in [3.63, 3.8) is 0 Å². The second kappa shape index (κ2) is 5.08. The van der Waals surface area contributed by atoms with Gasteiger partial charge in [-0.2, -0.15) is 0 Å². The highest BCUT2D eigenvalue weighted by molar-refractivity contribution is 7.09. The Morgan fingerprint density at radius 3 is 2.80 bits per heavy atom. The van der Waals surface area contributed by atoms with Gasteiger partial charge in [0.1, 0.15) is 0 Å². The number of nitrogens with zero attached hydrogens (tertiary/aromatic N) is 1. The number of aryl methyl sites for hydroxylation is 1. The van der Waals surface area contributed by atoms with E-state index < -0.39 is 0 Å². The number of rotatable bonds is 4. The fraction of sp³-hybridized carbons (Fsp3) is 0.750. The van der Waals surface area contributed by atoms with Crippen molar-refractivity contribution in [2.75, 3.05) is 7.05 Å². The smallest absolute Gasteiger partial charge is 0.0897 e. The molecule has 1 fully saturated rings. The van der Waals surface area contributed by atoms with E-state index in [4.69, 9.17) is 0 Å². The van der Waals surface area contributed by atoms with E-state index in [2.05, 4.69) is 29.7 Å². The minimum Gasteiger partial charge on any atom is -0.316 e. The van der Waals surface area contributed by atoms with Crippen LogP contribution in [0.25, 0.3) is 0 Å². The summed E-state index contributed by atoms with van der Waals surface area (Å²) in [6.07, 6.45) is 6.73. The molecule has 0 saturated heterocycles. The first kappa shape index (κ1) is 11.1. The first-order chi connectivity index (χ1) is 7.29. The molecule has 0 amide bonds. The molecule has 2 nitrogen and oxygen atoms in total. The van der Waals surface area contributed by atoms with Crippen LogP contribution in [0.15, 0.2) is 5.38 Å². The quantitative estimate of drug-likeness (QED) is 0.850. The molecule has 1 aromatic rings. The molecule has 1 aliphatic carbocycles. The molecular weight excluding hydrogens is 204 g/mol. The Balaban J connectivity index is 1.95. The Kier molecular flexibility index (Phi) is 3.76. The lowest BCUT2D eigenvalue weighted by Gasteiger charge is -2.21. The van der Waals surface area contributed by atoms with Gasteiger partial charge < -0.3 is 5.32 Å². The third kappa shape index (κ3) is 2.79. The molecular formula is C12H20N2S. The number of thiazole rings is 1. The van der Waals surface area contributed by atoms with Crippen LogP contribution in [0.5, 0.6) is 0 Å². The molecule has 1 atom stereocenters. The average molecular weight is 224 g/mol. The molecule has 2 rings (SSSR count). The predicted octanol–water partition coefficient (Wildman–Crippen LogP) is 2.77. The molecule has 1 aromatic heterocycles. The summed E-state index contributed by atoms with van der Waals surface area (Å²) in [5.74, 6) is 0.872. The van der Waals surface area contributed by atoms with Crippen molar-refractivity contribution < 1.29 is 0 Å². The summed E-state index contributed by atoms with van der Waals surface area (Å²) in [5.41, 5.74) is 1.27. The van der Waals surface area contributed by atoms with Gasteiger partial charge in [-0.25, -0.2) is 4.98 Å². The van der Waals surface area contributed by atoms with Crippen molar-refractivity contribution in [2.24, 2.45) is 5.92 Å². The standard InChI is InChI=1S/C12H20N2S/c1-9-14-11(8-15-9)7-12(13-2)10-5-3-4-6-10/h8,10,12-13H,3-7H2,1-2H3. The second-order valence-corrected chi connectivity index (χ2v) is 5.56. The lowest BCUT2D eigenvalue weighted by atomic mass is 9.94. The van der Waals surface area contributed by atoms with E-state index in [1.807, 2.05) is 0 Å². The van der Waals surface area contributed by atoms with E-state index in [0.717, 1.165) is 12.3 Å². The van der Waals surface area contributed by atoms with Gasteiger partial charge >= 0.3 is 0 Å². The number of hydrogen-bond donors (Lipinski definition) is 1. The summed E-state index contributed by atoms with van der Waals surface area (Å²) in [6.45, 7) is 2.08. The van der Waals surface area contributed by atoms with Crippen LogP contribution in [-0.4, -0.2) is 18.1 Å². The lowest BCUT2D eigenvalue weighted by molar-refractivity contribution is 0.375. The zero-order chi connectivity index (χ0) is 10.7. The Bertz CT molecular complexity index is 302. The van der Waals surface area contributed by atoms with Crippen LogP contribution in [0, 0.1) is 12.8 Å². The van der Waals surface area contributed by atoms with Gasteiger partial charge in [0, 0.05) is 17.8 Å². The van der Waals surface area contributed by atoms with Crippen molar-refractivity contribution in [1.82, 2.24) is 10.3 Å². The van der Waals surface area contributed by atoms with Gasteiger partial charge in [-0.05, 0) is 32.7 Å². The molecule has 1 N–H and O–H groups in total. The van der Waals surface area contributed by atoms with Crippen LogP contribution in [0.3, 0.4) is 0 Å². The molecule has 1 unspecified atom stereocenters. The molecule has 0 spiro atoms. The number of nitrogens with one attached hydrogen (secondary N) is 1. The molecule has 0 radical (unpaired) electrons. The summed E-state index contributed by atoms with van der Waals surface area (Å²) in [5, 5.41) is 6.86. The Hall–Kier alpha value is -0.410. The molecule has 15 heavy (non-hydrogen) atoms. The van der Waals surface area contributed by atoms with E-state index in [1.165, 1.54) is 36.4 Å². The molecule has 0 aromatic carbocycles. The summed E-state index contributed by atoms with van der Waals surface area (Å²) >= 11 is 1.76. The maximum absolute atomic E-state index is 4.55. The van der Waals surface area contributed by atoms with Crippen LogP contribution >= 0.6 is 11.3 Å². The molecule has 3 heteroatoms. The van der Waals surface area contributed by atoms with Crippen LogP contribution in [-0.2, 0) is 6.42 Å². The van der Waals surface area contributed by atoms with Crippen molar-refractivity contribution >= 4 is 11.3 Å². The first-order valence-corrected chi connectivity index (χ1v) is 6.76. The van der Waals surface area contributed by atoms with E-state index >= 15 is 0 Å². The third-order valence-corrected chi connectivity index (χ3v) is 4.26. The van der Waals surface area contributed by atoms with E-state index in [-0.39, 0.29) is 0 Å². The van der Waals surface area contributed by atoms with E-state index in [1.54, 1.807) is 11.3 Å². The van der Waals surface area contributed by atoms with Crippen LogP contribution in [0.1, 0.15) is 36.4 Å². The maximum Gasteiger partial charge on any atom is 0.0897 e. The summed E-state index contributed by atoms with van der Waals surface area (Å²) in [7, 11) is 2.09. The van der Waals surface area contributed by atoms with Crippen LogP contribution in [0.4, 0.5) is 0 Å². The van der Waals surface area contributed by atoms with Gasteiger partial charge in [-0.3, -0.25) is 0 Å². The summed E-state index contributed by atoms with van der Waals surface area (Å²) in [6, 6.07) is 0.633. The van der Waals surface area contributed by atoms with Crippen molar-refractivity contribution in [3.8, 4) is 0 Å². The molecule has 0 aliphatic heterocycles. The number of aromatic nitrogens is 1. The minimum absolute atomic E-state index is 0.633. The zero-order valence-corrected chi connectivity index (χ0v) is 10.4. The number of likely N-dealkylation sites (N-methyl/N-ethyl adjacent to an activating group) is 1. The summed E-state index contributed by atoms with van der Waals surface area (Å²) in [4.78, 5) is 4.55. The van der Waals surface area contributed by atoms with E-state index in [0.29, 0.717) is 6.04 Å². The van der Waals surface area contributed by atoms with Gasteiger partial charge in [0.05, 0.1) is 10.7 Å². The van der Waals surface area contributed by atoms with E-state index in [9.17, 15) is 0 Å². The SMILES string of the molecule is CNC(Cc1csc(C)n1)C1CCCC1. The highest BCUT2D eigenvalue weighted by atomic mass is 32.1. The highest BCUT2D eigenvalue weighted by Crippen LogP contribution is 2.29. The molecule has 1 aliphatic rings. The van der Waals surface area contributed by atoms with Crippen LogP contribution in [0.2, 0.25) is 0 Å². The number of hydrogen-bond acceptors (Lipinski definition) is 3. The monoisotopic (exact) mass is 224 g/mol. The average Bonchev–Trinajstić information content (AvgIpc) is 2.85. The molecule has 84 valence electrons. The van der Waals surface area contributed by atoms with Gasteiger partial charge in [0.25, 0.3) is 0 Å². The topological polar surface area (TPSA) is 24.9 Å². The van der Waals surface area contributed by atoms with Gasteiger partial charge in [0.15, 0.2) is 0 Å². The first-order valence-electron chi connectivity index (χ1n) is 5.88. The molecule has 1 saturated carbocycles. The van der Waals surface area contributed by atoms with Gasteiger partial charge in [-0.1, -0.05) is 12.8 Å². The Morgan fingerprint density at radius 1 is 1.53 bits per heavy atom. The minimum atomic E-state index is 0.633. The van der Waals surface area contributed by atoms with Crippen molar-refractivity contribution in [1.29, 1.82) is 0 Å². The summed E-state index contributed by atoms with van der Waals surface area (Å²) < 4.78 is 0. The predicted molar refractivity (Wildman–Crippen MR) is 65.4 cm³/mol. The van der Waals surface area contributed by atoms with Gasteiger partial charge in [-0.15, -0.1) is 11.3 Å². The second-order valence-electron chi connectivity index (χ2n) is 4.50. The fourth-order valence-corrected chi connectivity index (χ4v) is 3.22. The third-order valence-electron chi connectivity index (χ3n) is 3.44. The fourth-order valence-electron chi connectivity index (χ4n) is 2.59. The Labute approximate surface area is 96.1 Å². The van der Waals surface area contributed by atoms with Gasteiger partial charge in [0.2, 0.25) is 0 Å². The maximum atomic E-state index is 4.55. The van der Waals surface area contributed by atoms with Crippen molar-refractivity contribution in [2.45, 2.75) is 45.1 Å². The normalized spacial score (nSPS) is 19.6. The zero-order valence-electron chi connectivity index (χ0n) is 9.62. The molecule has 1 heterocycles. The molecule has 0 bridgehead atoms.